The molecule has 1 aromatic rings. The van der Waals surface area contributed by atoms with Gasteiger partial charge in [0.2, 0.25) is 0 Å². The van der Waals surface area contributed by atoms with E-state index in [9.17, 15) is 0 Å². The van der Waals surface area contributed by atoms with E-state index in [0.717, 1.165) is 5.92 Å². The van der Waals surface area contributed by atoms with Crippen molar-refractivity contribution in [2.45, 2.75) is 38.1 Å². The molecule has 2 heteroatoms. The minimum atomic E-state index is 0. The molecule has 1 nitrogen and oxygen atoms in total. The molecule has 1 N–H and O–H groups in total. The predicted octanol–water partition coefficient (Wildman–Crippen LogP) is 3.95. The first-order valence-electron chi connectivity index (χ1n) is 6.14. The molecule has 1 atom stereocenters. The number of rotatable bonds is 3. The summed E-state index contributed by atoms with van der Waals surface area (Å²) in [6, 6.07) is 11.4. The Morgan fingerprint density at radius 2 is 1.69 bits per heavy atom. The molecule has 1 fully saturated rings. The first kappa shape index (κ1) is 13.5. The van der Waals surface area contributed by atoms with Crippen LogP contribution in [0, 0.1) is 5.92 Å². The van der Waals surface area contributed by atoms with Gasteiger partial charge in [-0.3, -0.25) is 0 Å². The van der Waals surface area contributed by atoms with E-state index in [0.29, 0.717) is 6.04 Å². The van der Waals surface area contributed by atoms with Crippen molar-refractivity contribution >= 4 is 12.4 Å². The highest BCUT2D eigenvalue weighted by Gasteiger charge is 2.23. The van der Waals surface area contributed by atoms with Gasteiger partial charge in [0.05, 0.1) is 0 Å². The number of benzene rings is 1. The topological polar surface area (TPSA) is 12.0 Å². The largest absolute Gasteiger partial charge is 0.313 e. The van der Waals surface area contributed by atoms with Crippen molar-refractivity contribution in [1.82, 2.24) is 5.32 Å². The van der Waals surface area contributed by atoms with Gasteiger partial charge in [-0.1, -0.05) is 49.6 Å². The van der Waals surface area contributed by atoms with E-state index >= 15 is 0 Å². The van der Waals surface area contributed by atoms with Crippen LogP contribution < -0.4 is 5.32 Å². The fourth-order valence-electron chi connectivity index (χ4n) is 2.80. The van der Waals surface area contributed by atoms with Gasteiger partial charge in [-0.15, -0.1) is 12.4 Å². The highest BCUT2D eigenvalue weighted by molar-refractivity contribution is 5.85. The van der Waals surface area contributed by atoms with Crippen LogP contribution in [0.1, 0.15) is 43.7 Å². The lowest BCUT2D eigenvalue weighted by Crippen LogP contribution is -2.26. The maximum absolute atomic E-state index is 3.49. The first-order valence-corrected chi connectivity index (χ1v) is 6.14. The Hall–Kier alpha value is -0.530. The molecule has 0 aromatic heterocycles. The van der Waals surface area contributed by atoms with Gasteiger partial charge in [0.1, 0.15) is 0 Å². The summed E-state index contributed by atoms with van der Waals surface area (Å²) >= 11 is 0. The highest BCUT2D eigenvalue weighted by Crippen LogP contribution is 2.33. The molecule has 2 rings (SSSR count). The summed E-state index contributed by atoms with van der Waals surface area (Å²) in [5, 5.41) is 3.49. The molecule has 1 unspecified atom stereocenters. The Kier molecular flexibility index (Phi) is 5.86. The average Bonchev–Trinajstić information content (AvgIpc) is 2.33. The Balaban J connectivity index is 0.00000128. The summed E-state index contributed by atoms with van der Waals surface area (Å²) in [5.41, 5.74) is 1.45. The molecule has 1 aliphatic carbocycles. The molecular weight excluding hydrogens is 218 g/mol. The summed E-state index contributed by atoms with van der Waals surface area (Å²) < 4.78 is 0. The van der Waals surface area contributed by atoms with Crippen LogP contribution in [0.2, 0.25) is 0 Å². The molecule has 0 heterocycles. The van der Waals surface area contributed by atoms with Crippen LogP contribution in [-0.2, 0) is 0 Å². The normalized spacial score (nSPS) is 18.8. The number of halogens is 1. The molecule has 1 aromatic carbocycles. The smallest absolute Gasteiger partial charge is 0.0346 e. The van der Waals surface area contributed by atoms with Crippen LogP contribution in [0.5, 0.6) is 0 Å². The molecule has 0 radical (unpaired) electrons. The van der Waals surface area contributed by atoms with Crippen LogP contribution in [-0.4, -0.2) is 7.05 Å². The predicted molar refractivity (Wildman–Crippen MR) is 72.1 cm³/mol. The molecule has 0 saturated heterocycles. The van der Waals surface area contributed by atoms with Crippen LogP contribution in [0.15, 0.2) is 30.3 Å². The van der Waals surface area contributed by atoms with E-state index in [4.69, 9.17) is 0 Å². The second-order valence-electron chi connectivity index (χ2n) is 4.58. The van der Waals surface area contributed by atoms with E-state index in [1.54, 1.807) is 0 Å². The summed E-state index contributed by atoms with van der Waals surface area (Å²) in [6.45, 7) is 0. The maximum Gasteiger partial charge on any atom is 0.0346 e. The summed E-state index contributed by atoms with van der Waals surface area (Å²) in [6.07, 6.45) is 7.04. The zero-order valence-electron chi connectivity index (χ0n) is 9.99. The van der Waals surface area contributed by atoms with Gasteiger partial charge >= 0.3 is 0 Å². The van der Waals surface area contributed by atoms with Crippen LogP contribution in [0.25, 0.3) is 0 Å². The summed E-state index contributed by atoms with van der Waals surface area (Å²) in [5.74, 6) is 0.839. The van der Waals surface area contributed by atoms with Crippen LogP contribution in [0.4, 0.5) is 0 Å². The van der Waals surface area contributed by atoms with Gasteiger partial charge in [0.25, 0.3) is 0 Å². The lowest BCUT2D eigenvalue weighted by molar-refractivity contribution is 0.281. The SMILES string of the molecule is CNC(c1ccccc1)C1CCCCC1.Cl. The molecule has 0 amide bonds. The molecule has 90 valence electrons. The molecule has 1 saturated carbocycles. The fourth-order valence-corrected chi connectivity index (χ4v) is 2.80. The van der Waals surface area contributed by atoms with Crippen molar-refractivity contribution in [3.05, 3.63) is 35.9 Å². The van der Waals surface area contributed by atoms with Gasteiger partial charge in [0, 0.05) is 6.04 Å². The molecule has 16 heavy (non-hydrogen) atoms. The van der Waals surface area contributed by atoms with Crippen molar-refractivity contribution in [3.8, 4) is 0 Å². The third-order valence-electron chi connectivity index (χ3n) is 3.59. The Morgan fingerprint density at radius 1 is 1.06 bits per heavy atom. The average molecular weight is 240 g/mol. The zero-order valence-corrected chi connectivity index (χ0v) is 10.8. The van der Waals surface area contributed by atoms with E-state index in [-0.39, 0.29) is 12.4 Å². The van der Waals surface area contributed by atoms with Crippen LogP contribution >= 0.6 is 12.4 Å². The van der Waals surface area contributed by atoms with Gasteiger partial charge in [-0.25, -0.2) is 0 Å². The highest BCUT2D eigenvalue weighted by atomic mass is 35.5. The molecule has 0 aliphatic heterocycles. The molecular formula is C14H22ClN. The Bertz CT molecular complexity index is 280. The van der Waals surface area contributed by atoms with Crippen LogP contribution in [0.3, 0.4) is 0 Å². The second-order valence-corrected chi connectivity index (χ2v) is 4.58. The van der Waals surface area contributed by atoms with Gasteiger partial charge in [-0.05, 0) is 31.4 Å². The lowest BCUT2D eigenvalue weighted by Gasteiger charge is -2.30. The fraction of sp³-hybridized carbons (Fsp3) is 0.571. The van der Waals surface area contributed by atoms with E-state index < -0.39 is 0 Å². The van der Waals surface area contributed by atoms with Crippen molar-refractivity contribution in [2.24, 2.45) is 5.92 Å². The quantitative estimate of drug-likeness (QED) is 0.842. The van der Waals surface area contributed by atoms with Gasteiger partial charge in [-0.2, -0.15) is 0 Å². The minimum Gasteiger partial charge on any atom is -0.313 e. The second kappa shape index (κ2) is 6.93. The van der Waals surface area contributed by atoms with Crippen molar-refractivity contribution in [3.63, 3.8) is 0 Å². The van der Waals surface area contributed by atoms with Gasteiger partial charge < -0.3 is 5.32 Å². The Labute approximate surface area is 105 Å². The monoisotopic (exact) mass is 239 g/mol. The van der Waals surface area contributed by atoms with E-state index in [2.05, 4.69) is 42.7 Å². The number of nitrogens with one attached hydrogen (secondary N) is 1. The van der Waals surface area contributed by atoms with E-state index in [1.165, 1.54) is 37.7 Å². The summed E-state index contributed by atoms with van der Waals surface area (Å²) in [7, 11) is 2.09. The third kappa shape index (κ3) is 3.23. The van der Waals surface area contributed by atoms with Crippen molar-refractivity contribution < 1.29 is 0 Å². The number of hydrogen-bond acceptors (Lipinski definition) is 1. The Morgan fingerprint density at radius 3 is 2.25 bits per heavy atom. The maximum atomic E-state index is 3.49. The van der Waals surface area contributed by atoms with E-state index in [1.807, 2.05) is 0 Å². The zero-order chi connectivity index (χ0) is 10.5. The standard InChI is InChI=1S/C14H21N.ClH/c1-15-14(12-8-4-2-5-9-12)13-10-6-3-7-11-13;/h2,4-5,8-9,13-15H,3,6-7,10-11H2,1H3;1H. The third-order valence-corrected chi connectivity index (χ3v) is 3.59. The first-order chi connectivity index (χ1) is 7.42. The van der Waals surface area contributed by atoms with Gasteiger partial charge in [0.15, 0.2) is 0 Å². The lowest BCUT2D eigenvalue weighted by atomic mass is 9.81. The van der Waals surface area contributed by atoms with Crippen molar-refractivity contribution in [1.29, 1.82) is 0 Å². The molecule has 0 spiro atoms. The van der Waals surface area contributed by atoms with Crippen molar-refractivity contribution in [2.75, 3.05) is 7.05 Å². The number of hydrogen-bond donors (Lipinski definition) is 1. The molecule has 1 aliphatic rings. The summed E-state index contributed by atoms with van der Waals surface area (Å²) in [4.78, 5) is 0. The molecule has 0 bridgehead atoms. The minimum absolute atomic E-state index is 0.